The van der Waals surface area contributed by atoms with Gasteiger partial charge in [0.2, 0.25) is 0 Å². The zero-order valence-corrected chi connectivity index (χ0v) is 5.41. The molecule has 0 atom stereocenters. The highest BCUT2D eigenvalue weighted by Crippen LogP contribution is 1.66. The molecule has 0 aliphatic carbocycles. The van der Waals surface area contributed by atoms with Crippen molar-refractivity contribution in [3.8, 4) is 0 Å². The topological polar surface area (TPSA) is 16.6 Å². The SMILES string of the molecule is C=CCC[NH2+]C.[Cl-]. The molecule has 0 aliphatic heterocycles. The number of quaternary nitrogens is 1. The molecule has 0 aromatic carbocycles. The Kier molecular flexibility index (Phi) is 13.5. The van der Waals surface area contributed by atoms with Crippen LogP contribution in [0.1, 0.15) is 6.42 Å². The zero-order chi connectivity index (χ0) is 4.83. The van der Waals surface area contributed by atoms with Crippen LogP contribution >= 0.6 is 0 Å². The van der Waals surface area contributed by atoms with Crippen LogP contribution in [0.3, 0.4) is 0 Å². The van der Waals surface area contributed by atoms with Gasteiger partial charge in [0.25, 0.3) is 0 Å². The highest BCUT2D eigenvalue weighted by atomic mass is 35.5. The molecule has 0 fully saturated rings. The van der Waals surface area contributed by atoms with Gasteiger partial charge in [0, 0.05) is 6.42 Å². The maximum absolute atomic E-state index is 3.58. The fraction of sp³-hybridized carbons (Fsp3) is 0.600. The van der Waals surface area contributed by atoms with Gasteiger partial charge in [-0.2, -0.15) is 0 Å². The standard InChI is InChI=1S/C5H11N.ClH/c1-3-4-5-6-2;/h3,6H,1,4-5H2,2H3;1H. The van der Waals surface area contributed by atoms with Crippen molar-refractivity contribution in [2.24, 2.45) is 0 Å². The van der Waals surface area contributed by atoms with E-state index in [-0.39, 0.29) is 12.4 Å². The van der Waals surface area contributed by atoms with Gasteiger partial charge in [0.15, 0.2) is 0 Å². The average Bonchev–Trinajstić information content (AvgIpc) is 1.61. The number of hydrogen-bond acceptors (Lipinski definition) is 0. The smallest absolute Gasteiger partial charge is 0.0788 e. The van der Waals surface area contributed by atoms with Crippen LogP contribution in [0.25, 0.3) is 0 Å². The molecule has 0 unspecified atom stereocenters. The first-order chi connectivity index (χ1) is 2.91. The van der Waals surface area contributed by atoms with Crippen molar-refractivity contribution in [1.82, 2.24) is 0 Å². The molecule has 7 heavy (non-hydrogen) atoms. The third-order valence-electron chi connectivity index (χ3n) is 0.659. The molecule has 1 nitrogen and oxygen atoms in total. The lowest BCUT2D eigenvalue weighted by molar-refractivity contribution is -0.626. The second-order valence-electron chi connectivity index (χ2n) is 1.27. The summed E-state index contributed by atoms with van der Waals surface area (Å²) in [6, 6.07) is 0. The highest BCUT2D eigenvalue weighted by Gasteiger charge is 1.72. The van der Waals surface area contributed by atoms with E-state index in [1.807, 2.05) is 6.08 Å². The molecule has 44 valence electrons. The van der Waals surface area contributed by atoms with Gasteiger partial charge in [-0.05, 0) is 0 Å². The van der Waals surface area contributed by atoms with Gasteiger partial charge < -0.3 is 17.7 Å². The summed E-state index contributed by atoms with van der Waals surface area (Å²) in [5, 5.41) is 2.14. The quantitative estimate of drug-likeness (QED) is 0.299. The van der Waals surface area contributed by atoms with Gasteiger partial charge in [-0.1, -0.05) is 6.08 Å². The van der Waals surface area contributed by atoms with Crippen LogP contribution in [0.5, 0.6) is 0 Å². The molecule has 0 amide bonds. The van der Waals surface area contributed by atoms with Crippen molar-refractivity contribution in [1.29, 1.82) is 0 Å². The van der Waals surface area contributed by atoms with Gasteiger partial charge >= 0.3 is 0 Å². The summed E-state index contributed by atoms with van der Waals surface area (Å²) >= 11 is 0. The summed E-state index contributed by atoms with van der Waals surface area (Å²) in [6.45, 7) is 4.75. The summed E-state index contributed by atoms with van der Waals surface area (Å²) in [6.07, 6.45) is 3.05. The van der Waals surface area contributed by atoms with Gasteiger partial charge in [-0.3, -0.25) is 0 Å². The fourth-order valence-electron chi connectivity index (χ4n) is 0.285. The minimum absolute atomic E-state index is 0. The van der Waals surface area contributed by atoms with E-state index in [1.54, 1.807) is 0 Å². The second-order valence-corrected chi connectivity index (χ2v) is 1.27. The van der Waals surface area contributed by atoms with E-state index in [2.05, 4.69) is 18.9 Å². The van der Waals surface area contributed by atoms with Crippen LogP contribution in [0, 0.1) is 0 Å². The van der Waals surface area contributed by atoms with Crippen LogP contribution in [0.2, 0.25) is 0 Å². The fourth-order valence-corrected chi connectivity index (χ4v) is 0.285. The number of nitrogens with two attached hydrogens (primary N) is 1. The van der Waals surface area contributed by atoms with Crippen molar-refractivity contribution in [3.63, 3.8) is 0 Å². The first-order valence-electron chi connectivity index (χ1n) is 2.30. The average molecular weight is 122 g/mol. The summed E-state index contributed by atoms with van der Waals surface area (Å²) < 4.78 is 0. The van der Waals surface area contributed by atoms with Crippen LogP contribution < -0.4 is 17.7 Å². The predicted octanol–water partition coefficient (Wildman–Crippen LogP) is -3.24. The first-order valence-corrected chi connectivity index (χ1v) is 2.30. The third-order valence-corrected chi connectivity index (χ3v) is 0.659. The summed E-state index contributed by atoms with van der Waals surface area (Å²) in [7, 11) is 2.06. The molecule has 0 spiro atoms. The largest absolute Gasteiger partial charge is 1.00 e. The van der Waals surface area contributed by atoms with Gasteiger partial charge in [-0.15, -0.1) is 6.58 Å². The molecule has 0 radical (unpaired) electrons. The number of hydrogen-bond donors (Lipinski definition) is 1. The molecule has 0 aromatic heterocycles. The maximum atomic E-state index is 3.58. The maximum Gasteiger partial charge on any atom is 0.0788 e. The van der Waals surface area contributed by atoms with E-state index in [1.165, 1.54) is 6.54 Å². The lowest BCUT2D eigenvalue weighted by atomic mass is 10.4. The van der Waals surface area contributed by atoms with Gasteiger partial charge in [0.05, 0.1) is 13.6 Å². The van der Waals surface area contributed by atoms with E-state index in [4.69, 9.17) is 0 Å². The number of rotatable bonds is 3. The molecule has 0 saturated carbocycles. The predicted molar refractivity (Wildman–Crippen MR) is 27.5 cm³/mol. The Hall–Kier alpha value is -0.0100. The number of halogens is 1. The molecule has 0 aromatic rings. The lowest BCUT2D eigenvalue weighted by Gasteiger charge is -1.83. The van der Waals surface area contributed by atoms with Crippen molar-refractivity contribution in [2.45, 2.75) is 6.42 Å². The van der Waals surface area contributed by atoms with Crippen LogP contribution in [-0.4, -0.2) is 13.6 Å². The molecule has 0 heterocycles. The third kappa shape index (κ3) is 10.7. The van der Waals surface area contributed by atoms with Gasteiger partial charge in [-0.25, -0.2) is 0 Å². The Balaban J connectivity index is 0. The molecule has 0 rings (SSSR count). The molecule has 0 saturated heterocycles. The Morgan fingerprint density at radius 3 is 2.43 bits per heavy atom. The van der Waals surface area contributed by atoms with Crippen molar-refractivity contribution < 1.29 is 17.7 Å². The molecule has 2 N–H and O–H groups in total. The van der Waals surface area contributed by atoms with Crippen LogP contribution in [-0.2, 0) is 0 Å². The van der Waals surface area contributed by atoms with Crippen LogP contribution in [0.15, 0.2) is 12.7 Å². The summed E-state index contributed by atoms with van der Waals surface area (Å²) in [4.78, 5) is 0. The highest BCUT2D eigenvalue weighted by molar-refractivity contribution is 4.63. The Bertz CT molecular complexity index is 37.1. The molecular formula is C5H12ClN. The van der Waals surface area contributed by atoms with E-state index in [0.717, 1.165) is 6.42 Å². The van der Waals surface area contributed by atoms with Crippen LogP contribution in [0.4, 0.5) is 0 Å². The molecule has 0 bridgehead atoms. The Labute approximate surface area is 51.2 Å². The first kappa shape index (κ1) is 10.1. The minimum atomic E-state index is 0. The zero-order valence-electron chi connectivity index (χ0n) is 4.65. The van der Waals surface area contributed by atoms with Gasteiger partial charge in [0.1, 0.15) is 0 Å². The van der Waals surface area contributed by atoms with E-state index < -0.39 is 0 Å². The summed E-state index contributed by atoms with van der Waals surface area (Å²) in [5.41, 5.74) is 0. The Morgan fingerprint density at radius 2 is 2.29 bits per heavy atom. The summed E-state index contributed by atoms with van der Waals surface area (Å²) in [5.74, 6) is 0. The Morgan fingerprint density at radius 1 is 1.71 bits per heavy atom. The van der Waals surface area contributed by atoms with Crippen molar-refractivity contribution >= 4 is 0 Å². The van der Waals surface area contributed by atoms with E-state index in [0.29, 0.717) is 0 Å². The van der Waals surface area contributed by atoms with E-state index in [9.17, 15) is 0 Å². The lowest BCUT2D eigenvalue weighted by Crippen LogP contribution is -3.00. The normalized spacial score (nSPS) is 7.00. The molecular weight excluding hydrogens is 110 g/mol. The second kappa shape index (κ2) is 9.37. The molecule has 2 heteroatoms. The van der Waals surface area contributed by atoms with Crippen molar-refractivity contribution in [3.05, 3.63) is 12.7 Å². The monoisotopic (exact) mass is 121 g/mol. The van der Waals surface area contributed by atoms with Crippen molar-refractivity contribution in [2.75, 3.05) is 13.6 Å². The van der Waals surface area contributed by atoms with E-state index >= 15 is 0 Å². The molecule has 0 aliphatic rings. The minimum Gasteiger partial charge on any atom is -1.00 e.